The van der Waals surface area contributed by atoms with Gasteiger partial charge in [-0.2, -0.15) is 0 Å². The van der Waals surface area contributed by atoms with Gasteiger partial charge in [0.25, 0.3) is 0 Å². The molecular formula is C26H35ClN4O4. The molecule has 1 aromatic heterocycles. The Balaban J connectivity index is 1.41. The lowest BCUT2D eigenvalue weighted by molar-refractivity contribution is -0.141. The number of nitrogens with zero attached hydrogens (tertiary/aromatic N) is 4. The van der Waals surface area contributed by atoms with Gasteiger partial charge in [0.05, 0.1) is 13.2 Å². The molecule has 1 aromatic carbocycles. The molecule has 35 heavy (non-hydrogen) atoms. The van der Waals surface area contributed by atoms with Gasteiger partial charge in [-0.15, -0.1) is 0 Å². The van der Waals surface area contributed by atoms with Gasteiger partial charge in [-0.05, 0) is 18.2 Å². The highest BCUT2D eigenvalue weighted by Crippen LogP contribution is 2.28. The quantitative estimate of drug-likeness (QED) is 0.551. The van der Waals surface area contributed by atoms with Gasteiger partial charge in [0.2, 0.25) is 11.8 Å². The van der Waals surface area contributed by atoms with Gasteiger partial charge in [-0.1, -0.05) is 31.5 Å². The van der Waals surface area contributed by atoms with Crippen LogP contribution in [0.25, 0.3) is 0 Å². The minimum Gasteiger partial charge on any atom is -0.490 e. The van der Waals surface area contributed by atoms with Crippen molar-refractivity contribution in [2.24, 2.45) is 5.92 Å². The van der Waals surface area contributed by atoms with Crippen LogP contribution in [-0.4, -0.2) is 76.7 Å². The summed E-state index contributed by atoms with van der Waals surface area (Å²) in [4.78, 5) is 34.4. The first-order chi connectivity index (χ1) is 16.9. The zero-order valence-electron chi connectivity index (χ0n) is 20.6. The molecule has 2 aliphatic heterocycles. The second kappa shape index (κ2) is 11.9. The second-order valence-electron chi connectivity index (χ2n) is 9.58. The zero-order chi connectivity index (χ0) is 24.8. The molecule has 0 radical (unpaired) electrons. The van der Waals surface area contributed by atoms with Gasteiger partial charge >= 0.3 is 0 Å². The fourth-order valence-electron chi connectivity index (χ4n) is 4.85. The van der Waals surface area contributed by atoms with Crippen LogP contribution >= 0.6 is 11.6 Å². The van der Waals surface area contributed by atoms with Crippen LogP contribution in [0.5, 0.6) is 5.75 Å². The number of imidazole rings is 1. The molecular weight excluding hydrogens is 468 g/mol. The van der Waals surface area contributed by atoms with E-state index >= 15 is 0 Å². The highest BCUT2D eigenvalue weighted by Gasteiger charge is 2.35. The van der Waals surface area contributed by atoms with Crippen molar-refractivity contribution in [2.45, 2.75) is 51.7 Å². The maximum Gasteiger partial charge on any atom is 0.224 e. The molecule has 3 heterocycles. The van der Waals surface area contributed by atoms with Crippen molar-refractivity contribution >= 4 is 23.4 Å². The number of carbonyl (C=O) groups is 2. The number of hydrogen-bond acceptors (Lipinski definition) is 5. The van der Waals surface area contributed by atoms with E-state index in [4.69, 9.17) is 21.1 Å². The normalized spacial score (nSPS) is 20.8. The van der Waals surface area contributed by atoms with Crippen molar-refractivity contribution in [3.63, 3.8) is 0 Å². The Morgan fingerprint density at radius 1 is 1.17 bits per heavy atom. The monoisotopic (exact) mass is 502 g/mol. The highest BCUT2D eigenvalue weighted by atomic mass is 35.5. The lowest BCUT2D eigenvalue weighted by Gasteiger charge is -2.39. The summed E-state index contributed by atoms with van der Waals surface area (Å²) in [6.07, 6.45) is 4.96. The van der Waals surface area contributed by atoms with E-state index in [1.807, 2.05) is 28.1 Å². The number of hydrogen-bond donors (Lipinski definition) is 0. The molecule has 2 amide bonds. The predicted molar refractivity (Wildman–Crippen MR) is 134 cm³/mol. The van der Waals surface area contributed by atoms with Crippen LogP contribution in [0.15, 0.2) is 36.7 Å². The number of rotatable bonds is 8. The number of carbonyl (C=O) groups excluding carboxylic acids is 2. The third-order valence-electron chi connectivity index (χ3n) is 6.73. The Morgan fingerprint density at radius 2 is 1.97 bits per heavy atom. The summed E-state index contributed by atoms with van der Waals surface area (Å²) in [6.45, 7) is 8.25. The Labute approximate surface area is 212 Å². The highest BCUT2D eigenvalue weighted by molar-refractivity contribution is 6.30. The van der Waals surface area contributed by atoms with Crippen LogP contribution in [0.4, 0.5) is 0 Å². The number of benzene rings is 1. The van der Waals surface area contributed by atoms with Gasteiger partial charge in [0.1, 0.15) is 17.7 Å². The maximum atomic E-state index is 13.1. The van der Waals surface area contributed by atoms with E-state index in [1.54, 1.807) is 18.3 Å². The number of ether oxygens (including phenoxy) is 2. The van der Waals surface area contributed by atoms with Crippen LogP contribution < -0.4 is 4.74 Å². The first-order valence-electron chi connectivity index (χ1n) is 12.5. The summed E-state index contributed by atoms with van der Waals surface area (Å²) in [7, 11) is 0. The summed E-state index contributed by atoms with van der Waals surface area (Å²) in [5.41, 5.74) is 0. The third-order valence-corrected chi connectivity index (χ3v) is 6.97. The summed E-state index contributed by atoms with van der Waals surface area (Å²) in [5, 5.41) is 0.608. The number of amides is 2. The van der Waals surface area contributed by atoms with Crippen LogP contribution in [0.1, 0.15) is 44.9 Å². The number of morpholine rings is 1. The van der Waals surface area contributed by atoms with Gasteiger partial charge in [-0.25, -0.2) is 4.98 Å². The van der Waals surface area contributed by atoms with Crippen LogP contribution in [-0.2, 0) is 20.9 Å². The molecule has 2 saturated heterocycles. The molecule has 190 valence electrons. The lowest BCUT2D eigenvalue weighted by atomic mass is 9.90. The lowest BCUT2D eigenvalue weighted by Crippen LogP contribution is -2.50. The van der Waals surface area contributed by atoms with E-state index in [9.17, 15) is 9.59 Å². The summed E-state index contributed by atoms with van der Waals surface area (Å²) in [6, 6.07) is 7.32. The zero-order valence-corrected chi connectivity index (χ0v) is 21.3. The number of aryl methyl sites for hydroxylation is 1. The smallest absolute Gasteiger partial charge is 0.224 e. The van der Waals surface area contributed by atoms with Gasteiger partial charge in [0.15, 0.2) is 0 Å². The minimum absolute atomic E-state index is 0.0901. The molecule has 2 fully saturated rings. The number of aromatic nitrogens is 2. The number of piperidine rings is 1. The molecule has 4 rings (SSSR count). The Kier molecular flexibility index (Phi) is 8.68. The van der Waals surface area contributed by atoms with Crippen molar-refractivity contribution in [1.82, 2.24) is 19.4 Å². The molecule has 0 unspecified atom stereocenters. The standard InChI is InChI=1S/C26H35ClN4O4/c1-19(2)26-28-8-11-30(26)10-7-24(32)31-9-6-23(35-22-5-3-4-21(27)17-22)20(18-31)16-25(33)29-12-14-34-15-13-29/h3-5,8,11,17,19-20,23H,6-7,9-10,12-16,18H2,1-2H3/t20-,23-/m0/s1. The molecule has 2 aromatic rings. The van der Waals surface area contributed by atoms with Crippen molar-refractivity contribution in [2.75, 3.05) is 39.4 Å². The van der Waals surface area contributed by atoms with Crippen LogP contribution in [0.3, 0.4) is 0 Å². The van der Waals surface area contributed by atoms with Crippen LogP contribution in [0.2, 0.25) is 5.02 Å². The van der Waals surface area contributed by atoms with Crippen molar-refractivity contribution in [3.05, 3.63) is 47.5 Å². The average Bonchev–Trinajstić information content (AvgIpc) is 3.33. The van der Waals surface area contributed by atoms with Crippen molar-refractivity contribution in [1.29, 1.82) is 0 Å². The van der Waals surface area contributed by atoms with Gasteiger partial charge < -0.3 is 23.8 Å². The van der Waals surface area contributed by atoms with Crippen molar-refractivity contribution in [3.8, 4) is 5.75 Å². The topological polar surface area (TPSA) is 76.9 Å². The van der Waals surface area contributed by atoms with E-state index in [0.29, 0.717) is 81.9 Å². The maximum absolute atomic E-state index is 13.1. The Morgan fingerprint density at radius 3 is 2.71 bits per heavy atom. The molecule has 8 nitrogen and oxygen atoms in total. The molecule has 0 spiro atoms. The third kappa shape index (κ3) is 6.76. The SMILES string of the molecule is CC(C)c1nccn1CCC(=O)N1CC[C@H](Oc2cccc(Cl)c2)[C@@H](CC(=O)N2CCOCC2)C1. The van der Waals surface area contributed by atoms with E-state index < -0.39 is 0 Å². The minimum atomic E-state index is -0.163. The predicted octanol–water partition coefficient (Wildman–Crippen LogP) is 3.60. The summed E-state index contributed by atoms with van der Waals surface area (Å²) < 4.78 is 13.7. The van der Waals surface area contributed by atoms with E-state index in [1.165, 1.54) is 0 Å². The van der Waals surface area contributed by atoms with Crippen molar-refractivity contribution < 1.29 is 19.1 Å². The molecule has 2 aliphatic rings. The second-order valence-corrected chi connectivity index (χ2v) is 10.0. The van der Waals surface area contributed by atoms with E-state index in [-0.39, 0.29) is 23.8 Å². The molecule has 9 heteroatoms. The van der Waals surface area contributed by atoms with Crippen LogP contribution in [0, 0.1) is 5.92 Å². The molecule has 2 atom stereocenters. The summed E-state index contributed by atoms with van der Waals surface area (Å²) >= 11 is 6.15. The Hall–Kier alpha value is -2.58. The fraction of sp³-hybridized carbons (Fsp3) is 0.577. The summed E-state index contributed by atoms with van der Waals surface area (Å²) in [5.74, 6) is 2.06. The van der Waals surface area contributed by atoms with E-state index in [0.717, 1.165) is 5.82 Å². The molecule has 0 bridgehead atoms. The molecule has 0 saturated carbocycles. The fourth-order valence-corrected chi connectivity index (χ4v) is 5.03. The first-order valence-corrected chi connectivity index (χ1v) is 12.8. The number of halogens is 1. The Bertz CT molecular complexity index is 1000. The van der Waals surface area contributed by atoms with E-state index in [2.05, 4.69) is 23.4 Å². The molecule has 0 N–H and O–H groups in total. The average molecular weight is 503 g/mol. The number of likely N-dealkylation sites (tertiary alicyclic amines) is 1. The molecule has 0 aliphatic carbocycles. The van der Waals surface area contributed by atoms with Gasteiger partial charge in [0, 0.05) is 81.2 Å². The van der Waals surface area contributed by atoms with Gasteiger partial charge in [-0.3, -0.25) is 9.59 Å². The first kappa shape index (κ1) is 25.5. The largest absolute Gasteiger partial charge is 0.490 e.